The van der Waals surface area contributed by atoms with E-state index in [4.69, 9.17) is 11.6 Å². The Bertz CT molecular complexity index is 815. The number of para-hydroxylation sites is 1. The Morgan fingerprint density at radius 1 is 1.05 bits per heavy atom. The number of hydrogen-bond donors (Lipinski definition) is 1. The third kappa shape index (κ3) is 2.85. The van der Waals surface area contributed by atoms with Gasteiger partial charge in [0, 0.05) is 16.6 Å². The van der Waals surface area contributed by atoms with Crippen molar-refractivity contribution in [3.8, 4) is 0 Å². The Morgan fingerprint density at radius 2 is 1.76 bits per heavy atom. The van der Waals surface area contributed by atoms with Gasteiger partial charge in [0.25, 0.3) is 0 Å². The molecule has 0 aliphatic heterocycles. The number of fused-ring (bicyclic) bond motifs is 1. The standard InChI is InChI=1S/C16H12ClN3O/c1-10(21)11-6-8-12(9-7-11)18-15-13-4-2-3-5-14(13)19-16(17)20-15/h2-9H,1H3,(H,18,19,20). The van der Waals surface area contributed by atoms with Crippen LogP contribution in [-0.2, 0) is 0 Å². The molecular weight excluding hydrogens is 286 g/mol. The van der Waals surface area contributed by atoms with Crippen molar-refractivity contribution in [2.45, 2.75) is 6.92 Å². The highest BCUT2D eigenvalue weighted by molar-refractivity contribution is 6.28. The largest absolute Gasteiger partial charge is 0.340 e. The molecule has 2 aromatic carbocycles. The molecule has 0 aliphatic carbocycles. The molecule has 0 aliphatic rings. The monoisotopic (exact) mass is 297 g/mol. The number of nitrogens with one attached hydrogen (secondary N) is 1. The molecule has 0 radical (unpaired) electrons. The van der Waals surface area contributed by atoms with Crippen LogP contribution >= 0.6 is 11.6 Å². The van der Waals surface area contributed by atoms with E-state index in [-0.39, 0.29) is 11.1 Å². The number of hydrogen-bond acceptors (Lipinski definition) is 4. The molecule has 0 atom stereocenters. The number of anilines is 2. The van der Waals surface area contributed by atoms with Gasteiger partial charge < -0.3 is 5.32 Å². The van der Waals surface area contributed by atoms with Crippen molar-refractivity contribution in [3.05, 3.63) is 59.4 Å². The van der Waals surface area contributed by atoms with Crippen LogP contribution in [-0.4, -0.2) is 15.8 Å². The molecule has 21 heavy (non-hydrogen) atoms. The fraction of sp³-hybridized carbons (Fsp3) is 0.0625. The summed E-state index contributed by atoms with van der Waals surface area (Å²) < 4.78 is 0. The predicted octanol–water partition coefficient (Wildman–Crippen LogP) is 4.23. The van der Waals surface area contributed by atoms with Gasteiger partial charge in [-0.3, -0.25) is 4.79 Å². The highest BCUT2D eigenvalue weighted by atomic mass is 35.5. The summed E-state index contributed by atoms with van der Waals surface area (Å²) in [6.07, 6.45) is 0. The molecule has 4 nitrogen and oxygen atoms in total. The molecule has 0 bridgehead atoms. The van der Waals surface area contributed by atoms with Gasteiger partial charge in [-0.05, 0) is 54.9 Å². The van der Waals surface area contributed by atoms with Gasteiger partial charge in [0.15, 0.2) is 5.78 Å². The Balaban J connectivity index is 1.99. The third-order valence-electron chi connectivity index (χ3n) is 3.13. The van der Waals surface area contributed by atoms with Gasteiger partial charge in [0.05, 0.1) is 5.52 Å². The fourth-order valence-electron chi connectivity index (χ4n) is 2.07. The van der Waals surface area contributed by atoms with Crippen LogP contribution in [0, 0.1) is 0 Å². The average Bonchev–Trinajstić information content (AvgIpc) is 2.47. The average molecular weight is 298 g/mol. The number of ketones is 1. The van der Waals surface area contributed by atoms with E-state index >= 15 is 0 Å². The lowest BCUT2D eigenvalue weighted by Crippen LogP contribution is -1.98. The number of carbonyl (C=O) groups is 1. The first-order valence-electron chi connectivity index (χ1n) is 6.44. The van der Waals surface area contributed by atoms with E-state index in [1.165, 1.54) is 0 Å². The number of halogens is 1. The summed E-state index contributed by atoms with van der Waals surface area (Å²) in [5.41, 5.74) is 2.28. The summed E-state index contributed by atoms with van der Waals surface area (Å²) in [6.45, 7) is 1.54. The molecule has 0 spiro atoms. The van der Waals surface area contributed by atoms with Crippen molar-refractivity contribution >= 4 is 39.8 Å². The Labute approximate surface area is 126 Å². The molecular formula is C16H12ClN3O. The van der Waals surface area contributed by atoms with Gasteiger partial charge in [-0.15, -0.1) is 0 Å². The van der Waals surface area contributed by atoms with Crippen molar-refractivity contribution in [2.75, 3.05) is 5.32 Å². The van der Waals surface area contributed by atoms with E-state index in [1.54, 1.807) is 19.1 Å². The SMILES string of the molecule is CC(=O)c1ccc(Nc2nc(Cl)nc3ccccc23)cc1. The summed E-state index contributed by atoms with van der Waals surface area (Å²) in [6, 6.07) is 14.8. The molecule has 1 N–H and O–H groups in total. The third-order valence-corrected chi connectivity index (χ3v) is 3.30. The summed E-state index contributed by atoms with van der Waals surface area (Å²) in [5.74, 6) is 0.679. The van der Waals surface area contributed by atoms with Crippen molar-refractivity contribution in [2.24, 2.45) is 0 Å². The molecule has 0 amide bonds. The summed E-state index contributed by atoms with van der Waals surface area (Å²) in [7, 11) is 0. The Hall–Kier alpha value is -2.46. The van der Waals surface area contributed by atoms with Crippen LogP contribution in [0.2, 0.25) is 5.28 Å². The highest BCUT2D eigenvalue weighted by Crippen LogP contribution is 2.25. The molecule has 3 aromatic rings. The van der Waals surface area contributed by atoms with Gasteiger partial charge in [0.1, 0.15) is 5.82 Å². The number of Topliss-reactive ketones (excluding diaryl/α,β-unsaturated/α-hetero) is 1. The number of nitrogens with zero attached hydrogens (tertiary/aromatic N) is 2. The maximum atomic E-state index is 11.3. The number of benzene rings is 2. The zero-order chi connectivity index (χ0) is 14.8. The summed E-state index contributed by atoms with van der Waals surface area (Å²) in [4.78, 5) is 19.7. The first kappa shape index (κ1) is 13.5. The molecule has 104 valence electrons. The van der Waals surface area contributed by atoms with E-state index in [2.05, 4.69) is 15.3 Å². The molecule has 5 heteroatoms. The van der Waals surface area contributed by atoms with Gasteiger partial charge in [-0.25, -0.2) is 4.98 Å². The summed E-state index contributed by atoms with van der Waals surface area (Å²) in [5, 5.41) is 4.28. The molecule has 1 aromatic heterocycles. The normalized spacial score (nSPS) is 10.6. The molecule has 3 rings (SSSR count). The summed E-state index contributed by atoms with van der Waals surface area (Å²) >= 11 is 5.95. The fourth-order valence-corrected chi connectivity index (χ4v) is 2.24. The van der Waals surface area contributed by atoms with E-state index in [0.717, 1.165) is 16.6 Å². The quantitative estimate of drug-likeness (QED) is 0.580. The van der Waals surface area contributed by atoms with Crippen LogP contribution in [0.5, 0.6) is 0 Å². The molecule has 0 unspecified atom stereocenters. The Morgan fingerprint density at radius 3 is 2.48 bits per heavy atom. The minimum atomic E-state index is 0.0390. The van der Waals surface area contributed by atoms with Gasteiger partial charge in [0.2, 0.25) is 5.28 Å². The lowest BCUT2D eigenvalue weighted by molar-refractivity contribution is 0.101. The Kier molecular flexibility index (Phi) is 3.54. The molecule has 0 saturated heterocycles. The van der Waals surface area contributed by atoms with Gasteiger partial charge in [-0.2, -0.15) is 4.98 Å². The van der Waals surface area contributed by atoms with E-state index in [1.807, 2.05) is 36.4 Å². The molecule has 1 heterocycles. The van der Waals surface area contributed by atoms with Crippen LogP contribution in [0.4, 0.5) is 11.5 Å². The van der Waals surface area contributed by atoms with Gasteiger partial charge in [-0.1, -0.05) is 12.1 Å². The first-order valence-corrected chi connectivity index (χ1v) is 6.81. The smallest absolute Gasteiger partial charge is 0.224 e. The molecule has 0 saturated carbocycles. The second kappa shape index (κ2) is 5.50. The van der Waals surface area contributed by atoms with Crippen LogP contribution in [0.15, 0.2) is 48.5 Å². The second-order valence-electron chi connectivity index (χ2n) is 4.62. The number of aromatic nitrogens is 2. The van der Waals surface area contributed by atoms with Crippen LogP contribution in [0.3, 0.4) is 0 Å². The van der Waals surface area contributed by atoms with E-state index < -0.39 is 0 Å². The number of carbonyl (C=O) groups excluding carboxylic acids is 1. The lowest BCUT2D eigenvalue weighted by Gasteiger charge is -2.09. The first-order chi connectivity index (χ1) is 10.1. The second-order valence-corrected chi connectivity index (χ2v) is 4.95. The molecule has 0 fully saturated rings. The minimum Gasteiger partial charge on any atom is -0.340 e. The highest BCUT2D eigenvalue weighted by Gasteiger charge is 2.07. The zero-order valence-corrected chi connectivity index (χ0v) is 12.1. The van der Waals surface area contributed by atoms with E-state index in [0.29, 0.717) is 11.4 Å². The van der Waals surface area contributed by atoms with E-state index in [9.17, 15) is 4.79 Å². The van der Waals surface area contributed by atoms with Gasteiger partial charge >= 0.3 is 0 Å². The maximum Gasteiger partial charge on any atom is 0.224 e. The lowest BCUT2D eigenvalue weighted by atomic mass is 10.1. The van der Waals surface area contributed by atoms with Crippen LogP contribution in [0.25, 0.3) is 10.9 Å². The van der Waals surface area contributed by atoms with Crippen molar-refractivity contribution in [1.82, 2.24) is 9.97 Å². The van der Waals surface area contributed by atoms with Crippen LogP contribution in [0.1, 0.15) is 17.3 Å². The van der Waals surface area contributed by atoms with Crippen molar-refractivity contribution < 1.29 is 4.79 Å². The van der Waals surface area contributed by atoms with Crippen molar-refractivity contribution in [3.63, 3.8) is 0 Å². The number of rotatable bonds is 3. The maximum absolute atomic E-state index is 11.3. The van der Waals surface area contributed by atoms with Crippen molar-refractivity contribution in [1.29, 1.82) is 0 Å². The van der Waals surface area contributed by atoms with Crippen LogP contribution < -0.4 is 5.32 Å². The predicted molar refractivity (Wildman–Crippen MR) is 84.3 cm³/mol. The topological polar surface area (TPSA) is 54.9 Å². The zero-order valence-electron chi connectivity index (χ0n) is 11.3. The minimum absolute atomic E-state index is 0.0390.